The average molecular weight is 440 g/mol. The molecule has 1 aliphatic rings. The van der Waals surface area contributed by atoms with Crippen molar-refractivity contribution in [1.29, 1.82) is 0 Å². The maximum Gasteiger partial charge on any atom is 0.234 e. The molecule has 0 aliphatic carbocycles. The number of sulfonamides is 1. The van der Waals surface area contributed by atoms with Gasteiger partial charge in [-0.2, -0.15) is 16.9 Å². The van der Waals surface area contributed by atoms with E-state index < -0.39 is 10.0 Å². The molecule has 0 fully saturated rings. The highest BCUT2D eigenvalue weighted by Crippen LogP contribution is 2.29. The summed E-state index contributed by atoms with van der Waals surface area (Å²) < 4.78 is 30.0. The summed E-state index contributed by atoms with van der Waals surface area (Å²) in [7, 11) is -3.59. The van der Waals surface area contributed by atoms with Gasteiger partial charge in [-0.3, -0.25) is 4.68 Å². The quantitative estimate of drug-likeness (QED) is 0.594. The molecule has 2 heterocycles. The Bertz CT molecular complexity index is 1120. The second kappa shape index (κ2) is 9.20. The number of benzene rings is 2. The smallest absolute Gasteiger partial charge is 0.234 e. The van der Waals surface area contributed by atoms with Crippen molar-refractivity contribution in [2.45, 2.75) is 31.7 Å². The summed E-state index contributed by atoms with van der Waals surface area (Å²) in [5, 5.41) is 5.99. The predicted molar refractivity (Wildman–Crippen MR) is 124 cm³/mol. The molecule has 0 bridgehead atoms. The van der Waals surface area contributed by atoms with Gasteiger partial charge in [0.25, 0.3) is 0 Å². The van der Waals surface area contributed by atoms with Crippen LogP contribution in [0.3, 0.4) is 0 Å². The lowest BCUT2D eigenvalue weighted by atomic mass is 10.1. The zero-order valence-corrected chi connectivity index (χ0v) is 18.5. The van der Waals surface area contributed by atoms with E-state index >= 15 is 0 Å². The first-order chi connectivity index (χ1) is 14.5. The first kappa shape index (κ1) is 20.9. The number of aromatic nitrogens is 2. The SMILES string of the molecule is C[C@@H](NS(=O)(=O)/C=C/c1nn(Cc2ccccc2)c2c1CSCC2)c1ccccc1. The van der Waals surface area contributed by atoms with Gasteiger partial charge in [-0.25, -0.2) is 13.1 Å². The second-order valence-corrected chi connectivity index (χ2v) is 10.1. The van der Waals surface area contributed by atoms with Crippen molar-refractivity contribution in [1.82, 2.24) is 14.5 Å². The van der Waals surface area contributed by atoms with Gasteiger partial charge in [-0.05, 0) is 36.3 Å². The van der Waals surface area contributed by atoms with E-state index in [0.29, 0.717) is 6.54 Å². The third-order valence-electron chi connectivity index (χ3n) is 5.15. The maximum absolute atomic E-state index is 12.6. The molecule has 7 heteroatoms. The van der Waals surface area contributed by atoms with E-state index in [1.807, 2.05) is 71.9 Å². The molecule has 0 amide bonds. The van der Waals surface area contributed by atoms with E-state index in [2.05, 4.69) is 16.9 Å². The van der Waals surface area contributed by atoms with Gasteiger partial charge in [-0.1, -0.05) is 60.7 Å². The van der Waals surface area contributed by atoms with E-state index in [1.54, 1.807) is 6.08 Å². The van der Waals surface area contributed by atoms with Crippen LogP contribution in [0.15, 0.2) is 66.1 Å². The molecular formula is C23H25N3O2S2. The zero-order valence-electron chi connectivity index (χ0n) is 16.9. The fourth-order valence-electron chi connectivity index (χ4n) is 3.61. The number of thioether (sulfide) groups is 1. The van der Waals surface area contributed by atoms with E-state index in [4.69, 9.17) is 5.10 Å². The van der Waals surface area contributed by atoms with Gasteiger partial charge in [0.05, 0.1) is 12.2 Å². The third-order valence-corrected chi connectivity index (χ3v) is 7.31. The molecule has 0 unspecified atom stereocenters. The van der Waals surface area contributed by atoms with Gasteiger partial charge in [0.1, 0.15) is 0 Å². The monoisotopic (exact) mass is 439 g/mol. The summed E-state index contributed by atoms with van der Waals surface area (Å²) in [6.07, 6.45) is 2.58. The second-order valence-electron chi connectivity index (χ2n) is 7.35. The fraction of sp³-hybridized carbons (Fsp3) is 0.261. The van der Waals surface area contributed by atoms with Gasteiger partial charge >= 0.3 is 0 Å². The normalized spacial score (nSPS) is 15.2. The highest BCUT2D eigenvalue weighted by molar-refractivity contribution is 7.98. The number of hydrogen-bond donors (Lipinski definition) is 1. The Morgan fingerprint density at radius 1 is 1.13 bits per heavy atom. The molecule has 1 N–H and O–H groups in total. The van der Waals surface area contributed by atoms with Gasteiger partial charge in [0, 0.05) is 28.5 Å². The Morgan fingerprint density at radius 3 is 2.57 bits per heavy atom. The summed E-state index contributed by atoms with van der Waals surface area (Å²) >= 11 is 1.86. The summed E-state index contributed by atoms with van der Waals surface area (Å²) in [5.41, 5.74) is 5.20. The van der Waals surface area contributed by atoms with Gasteiger partial charge < -0.3 is 0 Å². The molecule has 3 aromatic rings. The molecule has 0 radical (unpaired) electrons. The Labute approximate surface area is 182 Å². The van der Waals surface area contributed by atoms with Crippen LogP contribution in [0, 0.1) is 0 Å². The van der Waals surface area contributed by atoms with Gasteiger partial charge in [-0.15, -0.1) is 0 Å². The van der Waals surface area contributed by atoms with Gasteiger partial charge in [0.2, 0.25) is 10.0 Å². The molecule has 2 aromatic carbocycles. The number of hydrogen-bond acceptors (Lipinski definition) is 4. The van der Waals surface area contributed by atoms with Crippen LogP contribution >= 0.6 is 11.8 Å². The first-order valence-corrected chi connectivity index (χ1v) is 12.7. The molecule has 1 aliphatic heterocycles. The molecule has 156 valence electrons. The molecule has 1 aromatic heterocycles. The Kier molecular flexibility index (Phi) is 6.41. The van der Waals surface area contributed by atoms with E-state index in [1.165, 1.54) is 16.7 Å². The molecule has 1 atom stereocenters. The van der Waals surface area contributed by atoms with Crippen molar-refractivity contribution in [3.63, 3.8) is 0 Å². The van der Waals surface area contributed by atoms with Crippen molar-refractivity contribution >= 4 is 27.9 Å². The lowest BCUT2D eigenvalue weighted by Gasteiger charge is -2.14. The minimum absolute atomic E-state index is 0.305. The maximum atomic E-state index is 12.6. The summed E-state index contributed by atoms with van der Waals surface area (Å²) in [4.78, 5) is 0. The summed E-state index contributed by atoms with van der Waals surface area (Å²) in [6, 6.07) is 19.5. The average Bonchev–Trinajstić information content (AvgIpc) is 3.11. The lowest BCUT2D eigenvalue weighted by molar-refractivity contribution is 0.576. The van der Waals surface area contributed by atoms with Crippen molar-refractivity contribution in [2.75, 3.05) is 5.75 Å². The highest BCUT2D eigenvalue weighted by Gasteiger charge is 2.21. The Balaban J connectivity index is 1.55. The van der Waals surface area contributed by atoms with Crippen LogP contribution in [0.4, 0.5) is 0 Å². The van der Waals surface area contributed by atoms with Crippen molar-refractivity contribution < 1.29 is 8.42 Å². The summed E-state index contributed by atoms with van der Waals surface area (Å²) in [6.45, 7) is 2.53. The molecule has 4 rings (SSSR count). The molecular weight excluding hydrogens is 414 g/mol. The van der Waals surface area contributed by atoms with Crippen molar-refractivity contribution in [3.8, 4) is 0 Å². The number of rotatable bonds is 7. The number of nitrogens with zero attached hydrogens (tertiary/aromatic N) is 2. The lowest BCUT2D eigenvalue weighted by Crippen LogP contribution is -2.24. The number of fused-ring (bicyclic) bond motifs is 1. The van der Waals surface area contributed by atoms with Crippen LogP contribution < -0.4 is 4.72 Å². The molecule has 5 nitrogen and oxygen atoms in total. The van der Waals surface area contributed by atoms with E-state index in [9.17, 15) is 8.42 Å². The van der Waals surface area contributed by atoms with Crippen LogP contribution in [-0.2, 0) is 28.7 Å². The zero-order chi connectivity index (χ0) is 21.0. The molecule has 30 heavy (non-hydrogen) atoms. The number of nitrogens with one attached hydrogen (secondary N) is 1. The van der Waals surface area contributed by atoms with E-state index in [0.717, 1.165) is 34.7 Å². The van der Waals surface area contributed by atoms with Crippen LogP contribution in [-0.4, -0.2) is 24.0 Å². The topological polar surface area (TPSA) is 64.0 Å². The van der Waals surface area contributed by atoms with E-state index in [-0.39, 0.29) is 6.04 Å². The van der Waals surface area contributed by atoms with Crippen LogP contribution in [0.1, 0.15) is 41.0 Å². The predicted octanol–water partition coefficient (Wildman–Crippen LogP) is 4.37. The Hall–Kier alpha value is -2.35. The highest BCUT2D eigenvalue weighted by atomic mass is 32.2. The van der Waals surface area contributed by atoms with Crippen LogP contribution in [0.2, 0.25) is 0 Å². The van der Waals surface area contributed by atoms with Crippen molar-refractivity contribution in [3.05, 3.63) is 94.1 Å². The van der Waals surface area contributed by atoms with Crippen LogP contribution in [0.5, 0.6) is 0 Å². The van der Waals surface area contributed by atoms with Crippen LogP contribution in [0.25, 0.3) is 6.08 Å². The molecule has 0 saturated heterocycles. The molecule has 0 saturated carbocycles. The summed E-state index contributed by atoms with van der Waals surface area (Å²) in [5.74, 6) is 1.92. The minimum atomic E-state index is -3.59. The molecule has 0 spiro atoms. The first-order valence-electron chi connectivity index (χ1n) is 9.97. The third kappa shape index (κ3) is 5.03. The Morgan fingerprint density at radius 2 is 1.83 bits per heavy atom. The minimum Gasteiger partial charge on any atom is -0.264 e. The van der Waals surface area contributed by atoms with Gasteiger partial charge in [0.15, 0.2) is 0 Å². The standard InChI is InChI=1S/C23H25N3O2S2/c1-18(20-10-6-3-7-11-20)25-30(27,28)15-13-22-21-17-29-14-12-23(21)26(24-22)16-19-8-4-2-5-9-19/h2-11,13,15,18,25H,12,14,16-17H2,1H3/b15-13+/t18-/m1/s1. The van der Waals surface area contributed by atoms with Crippen molar-refractivity contribution in [2.24, 2.45) is 0 Å². The largest absolute Gasteiger partial charge is 0.264 e. The fourth-order valence-corrected chi connectivity index (χ4v) is 5.62.